The maximum Gasteiger partial charge on any atom is 0.262 e. The number of thiophene rings is 1. The Bertz CT molecular complexity index is 814. The van der Waals surface area contributed by atoms with E-state index in [1.54, 1.807) is 31.3 Å². The van der Waals surface area contributed by atoms with Gasteiger partial charge in [0.2, 0.25) is 10.0 Å². The molecule has 1 N–H and O–H groups in total. The Morgan fingerprint density at radius 2 is 1.88 bits per heavy atom. The van der Waals surface area contributed by atoms with E-state index < -0.39 is 10.0 Å². The molecule has 24 heavy (non-hydrogen) atoms. The van der Waals surface area contributed by atoms with E-state index in [1.807, 2.05) is 25.3 Å². The Hall–Kier alpha value is -1.22. The summed E-state index contributed by atoms with van der Waals surface area (Å²) in [5.74, 6) is -0.159. The van der Waals surface area contributed by atoms with Gasteiger partial charge in [-0.05, 0) is 58.9 Å². The molecule has 0 aliphatic carbocycles. The summed E-state index contributed by atoms with van der Waals surface area (Å²) in [6.45, 7) is 3.98. The first kappa shape index (κ1) is 19.1. The molecule has 8 heteroatoms. The number of hydrogen-bond donors (Lipinski definition) is 1. The van der Waals surface area contributed by atoms with Gasteiger partial charge in [-0.25, -0.2) is 8.42 Å². The third-order valence-electron chi connectivity index (χ3n) is 3.60. The maximum atomic E-state index is 12.4. The van der Waals surface area contributed by atoms with E-state index in [1.165, 1.54) is 15.6 Å². The standard InChI is InChI=1S/C16H19BrN2O3S2/c1-11(2)19(3)24(21,22)13-6-4-12(5-7-13)10-18-16(20)15-14(17)8-9-23-15/h4-9,11H,10H2,1-3H3,(H,18,20). The molecule has 0 fully saturated rings. The third-order valence-corrected chi connectivity index (χ3v) is 7.49. The number of hydrogen-bond acceptors (Lipinski definition) is 4. The Kier molecular flexibility index (Phi) is 6.19. The smallest absolute Gasteiger partial charge is 0.262 e. The first-order valence-electron chi connectivity index (χ1n) is 7.31. The van der Waals surface area contributed by atoms with Crippen LogP contribution >= 0.6 is 27.3 Å². The summed E-state index contributed by atoms with van der Waals surface area (Å²) in [6.07, 6.45) is 0. The highest BCUT2D eigenvalue weighted by Gasteiger charge is 2.22. The molecule has 0 saturated heterocycles. The molecule has 5 nitrogen and oxygen atoms in total. The lowest BCUT2D eigenvalue weighted by molar-refractivity contribution is 0.0954. The molecule has 0 radical (unpaired) electrons. The van der Waals surface area contributed by atoms with Crippen LogP contribution in [0.15, 0.2) is 45.1 Å². The molecule has 1 heterocycles. The van der Waals surface area contributed by atoms with E-state index in [-0.39, 0.29) is 16.8 Å². The van der Waals surface area contributed by atoms with Crippen LogP contribution in [0, 0.1) is 0 Å². The van der Waals surface area contributed by atoms with Crippen molar-refractivity contribution in [2.45, 2.75) is 31.3 Å². The van der Waals surface area contributed by atoms with E-state index in [2.05, 4.69) is 21.2 Å². The summed E-state index contributed by atoms with van der Waals surface area (Å²) in [6, 6.07) is 8.27. The van der Waals surface area contributed by atoms with Crippen molar-refractivity contribution in [2.24, 2.45) is 0 Å². The molecule has 0 bridgehead atoms. The maximum absolute atomic E-state index is 12.4. The molecule has 0 unspecified atom stereocenters. The highest BCUT2D eigenvalue weighted by molar-refractivity contribution is 9.10. The van der Waals surface area contributed by atoms with Crippen molar-refractivity contribution in [3.05, 3.63) is 50.6 Å². The summed E-state index contributed by atoms with van der Waals surface area (Å²) in [7, 11) is -1.92. The molecule has 2 rings (SSSR count). The van der Waals surface area contributed by atoms with Gasteiger partial charge in [0.1, 0.15) is 4.88 Å². The highest BCUT2D eigenvalue weighted by Crippen LogP contribution is 2.22. The van der Waals surface area contributed by atoms with Crippen molar-refractivity contribution in [3.8, 4) is 0 Å². The van der Waals surface area contributed by atoms with Crippen molar-refractivity contribution in [3.63, 3.8) is 0 Å². The zero-order chi connectivity index (χ0) is 17.9. The van der Waals surface area contributed by atoms with Gasteiger partial charge < -0.3 is 5.32 Å². The fraction of sp³-hybridized carbons (Fsp3) is 0.312. The molecular formula is C16H19BrN2O3S2. The fourth-order valence-corrected chi connectivity index (χ4v) is 4.78. The van der Waals surface area contributed by atoms with Crippen LogP contribution in [0.2, 0.25) is 0 Å². The zero-order valence-corrected chi connectivity index (χ0v) is 16.8. The van der Waals surface area contributed by atoms with Crippen molar-refractivity contribution >= 4 is 43.2 Å². The number of carbonyl (C=O) groups excluding carboxylic acids is 1. The van der Waals surface area contributed by atoms with Gasteiger partial charge in [0.15, 0.2) is 0 Å². The molecular weight excluding hydrogens is 412 g/mol. The molecule has 0 atom stereocenters. The predicted molar refractivity (Wildman–Crippen MR) is 99.7 cm³/mol. The van der Waals surface area contributed by atoms with E-state index in [0.717, 1.165) is 10.0 Å². The normalized spacial score (nSPS) is 11.9. The molecule has 1 aromatic carbocycles. The lowest BCUT2D eigenvalue weighted by Gasteiger charge is -2.21. The van der Waals surface area contributed by atoms with Gasteiger partial charge in [-0.2, -0.15) is 4.31 Å². The van der Waals surface area contributed by atoms with E-state index >= 15 is 0 Å². The Labute approximate surface area is 154 Å². The summed E-state index contributed by atoms with van der Waals surface area (Å²) >= 11 is 4.69. The first-order valence-corrected chi connectivity index (χ1v) is 10.4. The number of nitrogens with zero attached hydrogens (tertiary/aromatic N) is 1. The van der Waals surface area contributed by atoms with Gasteiger partial charge in [0.25, 0.3) is 5.91 Å². The van der Waals surface area contributed by atoms with Gasteiger partial charge >= 0.3 is 0 Å². The minimum Gasteiger partial charge on any atom is -0.347 e. The quantitative estimate of drug-likeness (QED) is 0.762. The topological polar surface area (TPSA) is 66.5 Å². The lowest BCUT2D eigenvalue weighted by atomic mass is 10.2. The third kappa shape index (κ3) is 4.24. The molecule has 0 aliphatic heterocycles. The van der Waals surface area contributed by atoms with Gasteiger partial charge in [0, 0.05) is 24.1 Å². The van der Waals surface area contributed by atoms with Crippen molar-refractivity contribution < 1.29 is 13.2 Å². The Balaban J connectivity index is 2.05. The number of halogens is 1. The van der Waals surface area contributed by atoms with Gasteiger partial charge in [-0.3, -0.25) is 4.79 Å². The zero-order valence-electron chi connectivity index (χ0n) is 13.6. The number of benzene rings is 1. The van der Waals surface area contributed by atoms with Crippen molar-refractivity contribution in [2.75, 3.05) is 7.05 Å². The number of nitrogens with one attached hydrogen (secondary N) is 1. The molecule has 0 spiro atoms. The second-order valence-electron chi connectivity index (χ2n) is 5.54. The average molecular weight is 431 g/mol. The molecule has 1 aromatic heterocycles. The largest absolute Gasteiger partial charge is 0.347 e. The summed E-state index contributed by atoms with van der Waals surface area (Å²) < 4.78 is 26.9. The molecule has 0 saturated carbocycles. The number of rotatable bonds is 6. The van der Waals surface area contributed by atoms with Crippen molar-refractivity contribution in [1.29, 1.82) is 0 Å². The lowest BCUT2D eigenvalue weighted by Crippen LogP contribution is -2.33. The Morgan fingerprint density at radius 1 is 1.25 bits per heavy atom. The summed E-state index contributed by atoms with van der Waals surface area (Å²) in [4.78, 5) is 12.9. The molecule has 2 aromatic rings. The number of carbonyl (C=O) groups is 1. The summed E-state index contributed by atoms with van der Waals surface area (Å²) in [5.41, 5.74) is 0.835. The van der Waals surface area contributed by atoms with Crippen LogP contribution in [-0.2, 0) is 16.6 Å². The fourth-order valence-electron chi connectivity index (χ4n) is 1.94. The van der Waals surface area contributed by atoms with Gasteiger partial charge in [-0.1, -0.05) is 12.1 Å². The second-order valence-corrected chi connectivity index (χ2v) is 9.31. The van der Waals surface area contributed by atoms with E-state index in [4.69, 9.17) is 0 Å². The van der Waals surface area contributed by atoms with Crippen LogP contribution in [0.1, 0.15) is 29.1 Å². The van der Waals surface area contributed by atoms with E-state index in [0.29, 0.717) is 11.4 Å². The minimum atomic E-state index is -3.49. The second kappa shape index (κ2) is 7.77. The van der Waals surface area contributed by atoms with Crippen LogP contribution in [-0.4, -0.2) is 31.7 Å². The molecule has 130 valence electrons. The van der Waals surface area contributed by atoms with Crippen LogP contribution in [0.3, 0.4) is 0 Å². The van der Waals surface area contributed by atoms with Crippen molar-refractivity contribution in [1.82, 2.24) is 9.62 Å². The van der Waals surface area contributed by atoms with Crippen LogP contribution in [0.5, 0.6) is 0 Å². The highest BCUT2D eigenvalue weighted by atomic mass is 79.9. The first-order chi connectivity index (χ1) is 11.2. The summed E-state index contributed by atoms with van der Waals surface area (Å²) in [5, 5.41) is 4.66. The predicted octanol–water partition coefficient (Wildman–Crippen LogP) is 3.47. The number of sulfonamides is 1. The molecule has 1 amide bonds. The molecule has 0 aliphatic rings. The van der Waals surface area contributed by atoms with E-state index in [9.17, 15) is 13.2 Å². The average Bonchev–Trinajstić information content (AvgIpc) is 2.98. The van der Waals surface area contributed by atoms with Gasteiger partial charge in [0.05, 0.1) is 4.90 Å². The SMILES string of the molecule is CC(C)N(C)S(=O)(=O)c1ccc(CNC(=O)c2sccc2Br)cc1. The number of amides is 1. The van der Waals surface area contributed by atoms with Crippen LogP contribution in [0.25, 0.3) is 0 Å². The monoisotopic (exact) mass is 430 g/mol. The minimum absolute atomic E-state index is 0.113. The van der Waals surface area contributed by atoms with Crippen LogP contribution in [0.4, 0.5) is 0 Å². The van der Waals surface area contributed by atoms with Crippen LogP contribution < -0.4 is 5.32 Å². The van der Waals surface area contributed by atoms with Gasteiger partial charge in [-0.15, -0.1) is 11.3 Å². The Morgan fingerprint density at radius 3 is 2.38 bits per heavy atom.